The molecule has 0 bridgehead atoms. The van der Waals surface area contributed by atoms with Gasteiger partial charge in [-0.1, -0.05) is 0 Å². The molecule has 0 aromatic carbocycles. The number of fused-ring (bicyclic) bond motifs is 1. The molecule has 0 aromatic rings. The van der Waals surface area contributed by atoms with Gasteiger partial charge in [0, 0.05) is 0 Å². The van der Waals surface area contributed by atoms with E-state index in [9.17, 15) is 0 Å². The number of allylic oxidation sites excluding steroid dienone is 5. The molecule has 1 aliphatic carbocycles. The second kappa shape index (κ2) is 4.87. The van der Waals surface area contributed by atoms with E-state index in [1.807, 2.05) is 0 Å². The molecular weight excluding hydrogens is 436 g/mol. The van der Waals surface area contributed by atoms with Crippen LogP contribution in [0.5, 0.6) is 0 Å². The van der Waals surface area contributed by atoms with Crippen molar-refractivity contribution < 1.29 is 17.2 Å². The van der Waals surface area contributed by atoms with E-state index in [0.717, 1.165) is 0 Å². The summed E-state index contributed by atoms with van der Waals surface area (Å²) in [6.45, 7) is 9.21. The molecule has 1 fully saturated rings. The summed E-state index contributed by atoms with van der Waals surface area (Å²) in [5.41, 5.74) is 3.33. The van der Waals surface area contributed by atoms with Gasteiger partial charge in [-0.05, 0) is 0 Å². The summed E-state index contributed by atoms with van der Waals surface area (Å²) in [4.78, 5) is 0. The second-order valence-electron chi connectivity index (χ2n) is 6.16. The van der Waals surface area contributed by atoms with Crippen molar-refractivity contribution in [3.8, 4) is 0 Å². The Morgan fingerprint density at radius 2 is 1.94 bits per heavy atom. The van der Waals surface area contributed by atoms with Crippen molar-refractivity contribution in [2.75, 3.05) is 0 Å². The van der Waals surface area contributed by atoms with Crippen molar-refractivity contribution in [3.63, 3.8) is 0 Å². The molecule has 0 unspecified atom stereocenters. The first-order chi connectivity index (χ1) is 7.81. The van der Waals surface area contributed by atoms with Gasteiger partial charge in [0.2, 0.25) is 0 Å². The molecule has 0 radical (unpaired) electrons. The molecule has 1 N–H and O–H groups in total. The molecule has 17 heavy (non-hydrogen) atoms. The van der Waals surface area contributed by atoms with Gasteiger partial charge in [0.1, 0.15) is 0 Å². The predicted molar refractivity (Wildman–Crippen MR) is 78.5 cm³/mol. The van der Waals surface area contributed by atoms with Crippen LogP contribution in [-0.2, 0) is 0 Å². The molecule has 2 aliphatic rings. The molecule has 1 heterocycles. The number of rotatable bonds is 1. The van der Waals surface area contributed by atoms with Gasteiger partial charge in [-0.3, -0.25) is 0 Å². The monoisotopic (exact) mass is 456 g/mol. The van der Waals surface area contributed by atoms with Gasteiger partial charge in [0.15, 0.2) is 0 Å². The van der Waals surface area contributed by atoms with Crippen molar-refractivity contribution in [1.82, 2.24) is 5.32 Å². The number of nitrogens with one attached hydrogen (secondary N) is 1. The Kier molecular flexibility index (Phi) is 3.98. The van der Waals surface area contributed by atoms with Gasteiger partial charge >= 0.3 is 126 Å². The van der Waals surface area contributed by atoms with Crippen molar-refractivity contribution in [2.24, 2.45) is 5.41 Å². The maximum absolute atomic E-state index is 3.70. The predicted octanol–water partition coefficient (Wildman–Crippen LogP) is 1.32. The molecule has 3 heteroatoms. The van der Waals surface area contributed by atoms with Crippen molar-refractivity contribution in [1.29, 1.82) is 0 Å². The first-order valence-corrected chi connectivity index (χ1v) is 13.4. The van der Waals surface area contributed by atoms with E-state index in [1.54, 1.807) is 3.58 Å². The summed E-state index contributed by atoms with van der Waals surface area (Å²) in [5, 5.41) is 3.70. The quantitative estimate of drug-likeness (QED) is 0.588. The first-order valence-electron chi connectivity index (χ1n) is 6.02. The Hall–Kier alpha value is 0.480. The average molecular weight is 456 g/mol. The SMILES string of the molecule is CC1(C)C=C([I-]I)C=C2NC(C)(C)CCC2=C1. The van der Waals surface area contributed by atoms with Crippen LogP contribution in [0.4, 0.5) is 0 Å². The third-order valence-electron chi connectivity index (χ3n) is 3.26. The zero-order valence-corrected chi connectivity index (χ0v) is 15.2. The fourth-order valence-corrected chi connectivity index (χ4v) is 5.36. The fourth-order valence-electron chi connectivity index (χ4n) is 2.43. The van der Waals surface area contributed by atoms with Crippen LogP contribution in [0, 0.1) is 5.41 Å². The zero-order valence-electron chi connectivity index (χ0n) is 10.9. The zero-order chi connectivity index (χ0) is 12.7. The minimum atomic E-state index is 0.125. The van der Waals surface area contributed by atoms with E-state index < -0.39 is 0 Å². The minimum absolute atomic E-state index is 0.125. The normalized spacial score (nSPS) is 26.1. The van der Waals surface area contributed by atoms with Crippen LogP contribution in [0.2, 0.25) is 0 Å². The van der Waals surface area contributed by atoms with Gasteiger partial charge in [-0.2, -0.15) is 0 Å². The maximum atomic E-state index is 3.70. The van der Waals surface area contributed by atoms with Crippen LogP contribution in [0.3, 0.4) is 0 Å². The van der Waals surface area contributed by atoms with Gasteiger partial charge in [0.25, 0.3) is 0 Å². The van der Waals surface area contributed by atoms with E-state index in [2.05, 4.69) is 69.9 Å². The first kappa shape index (κ1) is 13.9. The number of hydrogen-bond donors (Lipinski definition) is 1. The third kappa shape index (κ3) is 3.49. The van der Waals surface area contributed by atoms with Gasteiger partial charge < -0.3 is 0 Å². The summed E-state index contributed by atoms with van der Waals surface area (Å²) in [7, 11) is 0. The van der Waals surface area contributed by atoms with Gasteiger partial charge in [-0.15, -0.1) is 0 Å². The van der Waals surface area contributed by atoms with E-state index in [1.165, 1.54) is 24.1 Å². The summed E-state index contributed by atoms with van der Waals surface area (Å²) in [5.74, 6) is 0. The van der Waals surface area contributed by atoms with Crippen molar-refractivity contribution in [3.05, 3.63) is 33.1 Å². The molecule has 0 spiro atoms. The molecule has 96 valence electrons. The third-order valence-corrected chi connectivity index (χ3v) is 7.51. The van der Waals surface area contributed by atoms with Crippen LogP contribution in [-0.4, -0.2) is 5.54 Å². The molecule has 0 amide bonds. The summed E-state index contributed by atoms with van der Waals surface area (Å²) < 4.78 is 1.54. The topological polar surface area (TPSA) is 12.0 Å². The molecule has 0 atom stereocenters. The van der Waals surface area contributed by atoms with Gasteiger partial charge in [-0.25, -0.2) is 0 Å². The molecule has 0 aromatic heterocycles. The summed E-state index contributed by atoms with van der Waals surface area (Å²) in [6.07, 6.45) is 9.71. The molecule has 1 aliphatic heterocycles. The number of hydrogen-bond acceptors (Lipinski definition) is 1. The molecular formula is C14H20I2N-. The average Bonchev–Trinajstić information content (AvgIpc) is 2.31. The summed E-state index contributed by atoms with van der Waals surface area (Å²) >= 11 is 2.68. The molecule has 1 saturated heterocycles. The van der Waals surface area contributed by atoms with Crippen molar-refractivity contribution in [2.45, 2.75) is 46.1 Å². The van der Waals surface area contributed by atoms with Crippen molar-refractivity contribution >= 4 is 18.6 Å². The van der Waals surface area contributed by atoms with E-state index in [0.29, 0.717) is 0 Å². The van der Waals surface area contributed by atoms with E-state index in [-0.39, 0.29) is 28.2 Å². The fraction of sp³-hybridized carbons (Fsp3) is 0.571. The van der Waals surface area contributed by atoms with Crippen LogP contribution in [0.25, 0.3) is 0 Å². The van der Waals surface area contributed by atoms with Crippen LogP contribution in [0.15, 0.2) is 33.1 Å². The molecule has 1 nitrogen and oxygen atoms in total. The van der Waals surface area contributed by atoms with Crippen LogP contribution >= 0.6 is 18.6 Å². The molecule has 0 saturated carbocycles. The number of halogens is 2. The van der Waals surface area contributed by atoms with E-state index in [4.69, 9.17) is 0 Å². The van der Waals surface area contributed by atoms with Crippen LogP contribution in [0.1, 0.15) is 40.5 Å². The Balaban J connectivity index is 2.40. The molecule has 2 rings (SSSR count). The standard InChI is InChI=1S/C14H20I2N/c1-13(2)8-10-5-6-14(3,4)17-12(10)7-11(9-13)16-15/h7-9,17H,5-6H2,1-4H3/q-1. The van der Waals surface area contributed by atoms with E-state index >= 15 is 0 Å². The summed E-state index contributed by atoms with van der Waals surface area (Å²) in [6, 6.07) is 0. The number of piperidine rings is 1. The second-order valence-corrected chi connectivity index (χ2v) is 10.5. The Morgan fingerprint density at radius 3 is 2.59 bits per heavy atom. The Morgan fingerprint density at radius 1 is 1.24 bits per heavy atom. The Bertz CT molecular complexity index is 414. The Labute approximate surface area is 125 Å². The van der Waals surface area contributed by atoms with Gasteiger partial charge in [0.05, 0.1) is 0 Å². The van der Waals surface area contributed by atoms with Crippen LogP contribution < -0.4 is 22.5 Å².